The van der Waals surface area contributed by atoms with Gasteiger partial charge in [-0.15, -0.1) is 0 Å². The standard InChI is InChI=1S/C10H10N14/c1-5(17-7-11-2-14-22-7)19-10(21-9-13-4-16-24-9)20-6(1)18-8-12-3-15-23-8/h1-4H,(H6,11,12,13,14,15,16,17,18,19,20,21,22,23,24). The lowest BCUT2D eigenvalue weighted by atomic mass is 10.5. The minimum absolute atomic E-state index is 0.276. The van der Waals surface area contributed by atoms with E-state index in [0.29, 0.717) is 29.5 Å². The Morgan fingerprint density at radius 2 is 1.08 bits per heavy atom. The Kier molecular flexibility index (Phi) is 3.36. The molecule has 24 heavy (non-hydrogen) atoms. The van der Waals surface area contributed by atoms with Gasteiger partial charge < -0.3 is 10.6 Å². The number of nitrogens with one attached hydrogen (secondary N) is 6. The third-order valence-corrected chi connectivity index (χ3v) is 2.69. The van der Waals surface area contributed by atoms with Crippen molar-refractivity contribution in [3.05, 3.63) is 25.0 Å². The van der Waals surface area contributed by atoms with Crippen molar-refractivity contribution in [1.82, 2.24) is 55.5 Å². The molecule has 0 bridgehead atoms. The van der Waals surface area contributed by atoms with Gasteiger partial charge in [0.1, 0.15) is 30.6 Å². The van der Waals surface area contributed by atoms with Crippen molar-refractivity contribution in [3.63, 3.8) is 0 Å². The highest BCUT2D eigenvalue weighted by molar-refractivity contribution is 5.61. The minimum Gasteiger partial charge on any atom is -0.309 e. The molecule has 4 aromatic heterocycles. The van der Waals surface area contributed by atoms with Crippen molar-refractivity contribution in [3.8, 4) is 0 Å². The first kappa shape index (κ1) is 13.6. The lowest BCUT2D eigenvalue weighted by Gasteiger charge is -2.09. The summed E-state index contributed by atoms with van der Waals surface area (Å²) in [7, 11) is 0. The maximum Gasteiger partial charge on any atom is 0.233 e. The van der Waals surface area contributed by atoms with Gasteiger partial charge in [-0.3, -0.25) is 5.32 Å². The molecule has 120 valence electrons. The smallest absolute Gasteiger partial charge is 0.233 e. The van der Waals surface area contributed by atoms with Crippen molar-refractivity contribution in [1.29, 1.82) is 0 Å². The van der Waals surface area contributed by atoms with E-state index in [-0.39, 0.29) is 5.95 Å². The number of rotatable bonds is 6. The zero-order valence-corrected chi connectivity index (χ0v) is 11.9. The average molecular weight is 326 g/mol. The quantitative estimate of drug-likeness (QED) is 0.281. The molecule has 0 atom stereocenters. The van der Waals surface area contributed by atoms with E-state index in [1.807, 2.05) is 0 Å². The molecule has 0 aliphatic heterocycles. The van der Waals surface area contributed by atoms with E-state index < -0.39 is 0 Å². The molecule has 0 saturated heterocycles. The topological polar surface area (TPSA) is 187 Å². The zero-order valence-electron chi connectivity index (χ0n) is 11.9. The summed E-state index contributed by atoms with van der Waals surface area (Å²) in [6.07, 6.45) is 4.13. The fourth-order valence-corrected chi connectivity index (χ4v) is 1.78. The molecular formula is C10H10N14. The van der Waals surface area contributed by atoms with Gasteiger partial charge in [-0.25, -0.2) is 15.3 Å². The largest absolute Gasteiger partial charge is 0.309 e. The SMILES string of the molecule is c1n[nH]c(Nc2cc(Nc3ncn[nH]3)nc(Nc3ncn[nH]3)n2)n1. The van der Waals surface area contributed by atoms with Crippen LogP contribution in [0.4, 0.5) is 35.4 Å². The summed E-state index contributed by atoms with van der Waals surface area (Å²) in [5.41, 5.74) is 0. The van der Waals surface area contributed by atoms with Crippen LogP contribution in [0.25, 0.3) is 0 Å². The predicted molar refractivity (Wildman–Crippen MR) is 81.0 cm³/mol. The van der Waals surface area contributed by atoms with Crippen molar-refractivity contribution in [2.45, 2.75) is 0 Å². The highest BCUT2D eigenvalue weighted by Gasteiger charge is 2.09. The summed E-state index contributed by atoms with van der Waals surface area (Å²) in [4.78, 5) is 20.6. The molecular weight excluding hydrogens is 316 g/mol. The van der Waals surface area contributed by atoms with Crippen LogP contribution in [0.1, 0.15) is 0 Å². The molecule has 0 spiro atoms. The molecule has 0 unspecified atom stereocenters. The second kappa shape index (κ2) is 5.95. The van der Waals surface area contributed by atoms with Gasteiger partial charge in [0.15, 0.2) is 0 Å². The Morgan fingerprint density at radius 1 is 0.625 bits per heavy atom. The summed E-state index contributed by atoms with van der Waals surface area (Å²) in [6.45, 7) is 0. The Bertz CT molecular complexity index is 748. The van der Waals surface area contributed by atoms with Crippen molar-refractivity contribution >= 4 is 35.4 Å². The van der Waals surface area contributed by atoms with E-state index in [4.69, 9.17) is 0 Å². The second-order valence-electron chi connectivity index (χ2n) is 4.34. The first-order valence-electron chi connectivity index (χ1n) is 6.61. The summed E-state index contributed by atoms with van der Waals surface area (Å²) in [6, 6.07) is 1.66. The number of anilines is 6. The molecule has 14 nitrogen and oxygen atoms in total. The molecule has 4 aromatic rings. The van der Waals surface area contributed by atoms with Gasteiger partial charge in [0, 0.05) is 6.07 Å². The molecule has 0 radical (unpaired) electrons. The third-order valence-electron chi connectivity index (χ3n) is 2.69. The van der Waals surface area contributed by atoms with E-state index in [1.165, 1.54) is 19.0 Å². The summed E-state index contributed by atoms with van der Waals surface area (Å²) in [5.74, 6) is 2.47. The Hall–Kier alpha value is -4.10. The number of hydrogen-bond acceptors (Lipinski definition) is 11. The molecule has 0 aliphatic rings. The Labute approximate surface area is 133 Å². The summed E-state index contributed by atoms with van der Waals surface area (Å²) in [5, 5.41) is 28.2. The van der Waals surface area contributed by atoms with Crippen LogP contribution >= 0.6 is 0 Å². The number of hydrogen-bond donors (Lipinski definition) is 6. The van der Waals surface area contributed by atoms with Gasteiger partial charge in [-0.05, 0) is 0 Å². The van der Waals surface area contributed by atoms with E-state index in [9.17, 15) is 0 Å². The molecule has 4 heterocycles. The molecule has 14 heteroatoms. The average Bonchev–Trinajstić information content (AvgIpc) is 3.30. The van der Waals surface area contributed by atoms with Gasteiger partial charge in [-0.1, -0.05) is 0 Å². The number of aromatic nitrogens is 11. The normalized spacial score (nSPS) is 10.5. The summed E-state index contributed by atoms with van der Waals surface area (Å²) < 4.78 is 0. The maximum absolute atomic E-state index is 4.32. The zero-order chi connectivity index (χ0) is 16.2. The van der Waals surface area contributed by atoms with Crippen LogP contribution in [0.5, 0.6) is 0 Å². The maximum atomic E-state index is 4.32. The second-order valence-corrected chi connectivity index (χ2v) is 4.34. The summed E-state index contributed by atoms with van der Waals surface area (Å²) >= 11 is 0. The number of nitrogens with zero attached hydrogens (tertiary/aromatic N) is 8. The van der Waals surface area contributed by atoms with Crippen LogP contribution in [-0.4, -0.2) is 55.5 Å². The molecule has 0 saturated carbocycles. The fraction of sp³-hybridized carbons (Fsp3) is 0. The van der Waals surface area contributed by atoms with Crippen LogP contribution in [0, 0.1) is 0 Å². The molecule has 6 N–H and O–H groups in total. The van der Waals surface area contributed by atoms with Crippen molar-refractivity contribution < 1.29 is 0 Å². The Balaban J connectivity index is 1.63. The van der Waals surface area contributed by atoms with Gasteiger partial charge in [0.25, 0.3) is 0 Å². The molecule has 0 aliphatic carbocycles. The van der Waals surface area contributed by atoms with Crippen LogP contribution in [0.2, 0.25) is 0 Å². The molecule has 0 fully saturated rings. The predicted octanol–water partition coefficient (Wildman–Crippen LogP) is 0.0617. The van der Waals surface area contributed by atoms with E-state index in [1.54, 1.807) is 6.07 Å². The molecule has 0 aromatic carbocycles. The van der Waals surface area contributed by atoms with E-state index in [0.717, 1.165) is 0 Å². The minimum atomic E-state index is 0.276. The highest BCUT2D eigenvalue weighted by atomic mass is 15.3. The van der Waals surface area contributed by atoms with Gasteiger partial charge in [0.05, 0.1) is 0 Å². The first-order valence-corrected chi connectivity index (χ1v) is 6.61. The van der Waals surface area contributed by atoms with Crippen LogP contribution in [-0.2, 0) is 0 Å². The van der Waals surface area contributed by atoms with Crippen LogP contribution in [0.15, 0.2) is 25.0 Å². The van der Waals surface area contributed by atoms with Gasteiger partial charge in [-0.2, -0.15) is 40.2 Å². The van der Waals surface area contributed by atoms with E-state index >= 15 is 0 Å². The molecule has 4 rings (SSSR count). The Morgan fingerprint density at radius 3 is 1.50 bits per heavy atom. The fourth-order valence-electron chi connectivity index (χ4n) is 1.78. The first-order chi connectivity index (χ1) is 11.8. The van der Waals surface area contributed by atoms with Crippen LogP contribution in [0.3, 0.4) is 0 Å². The van der Waals surface area contributed by atoms with Gasteiger partial charge >= 0.3 is 0 Å². The highest BCUT2D eigenvalue weighted by Crippen LogP contribution is 2.20. The molecule has 0 amide bonds. The van der Waals surface area contributed by atoms with Crippen molar-refractivity contribution in [2.24, 2.45) is 0 Å². The third kappa shape index (κ3) is 3.06. The number of aromatic amines is 3. The van der Waals surface area contributed by atoms with Crippen LogP contribution < -0.4 is 16.0 Å². The monoisotopic (exact) mass is 326 g/mol. The lowest BCUT2D eigenvalue weighted by Crippen LogP contribution is -2.05. The van der Waals surface area contributed by atoms with Crippen molar-refractivity contribution in [2.75, 3.05) is 16.0 Å². The number of H-pyrrole nitrogens is 3. The van der Waals surface area contributed by atoms with E-state index in [2.05, 4.69) is 71.5 Å². The lowest BCUT2D eigenvalue weighted by molar-refractivity contribution is 1.06. The van der Waals surface area contributed by atoms with Gasteiger partial charge in [0.2, 0.25) is 23.8 Å².